The summed E-state index contributed by atoms with van der Waals surface area (Å²) in [7, 11) is 0. The molecular weight excluding hydrogens is 260 g/mol. The van der Waals surface area contributed by atoms with Crippen molar-refractivity contribution in [1.82, 2.24) is 4.90 Å². The maximum Gasteiger partial charge on any atom is 0.228 e. The molecule has 0 aliphatic carbocycles. The Morgan fingerprint density at radius 1 is 1.29 bits per heavy atom. The van der Waals surface area contributed by atoms with Gasteiger partial charge in [0.25, 0.3) is 0 Å². The number of nitrogens with zero attached hydrogens (tertiary/aromatic N) is 1. The number of amides is 1. The van der Waals surface area contributed by atoms with E-state index in [9.17, 15) is 4.79 Å². The van der Waals surface area contributed by atoms with Crippen molar-refractivity contribution in [2.75, 3.05) is 18.4 Å². The Morgan fingerprint density at radius 3 is 3.00 bits per heavy atom. The van der Waals surface area contributed by atoms with E-state index >= 15 is 0 Å². The molecule has 0 bridgehead atoms. The van der Waals surface area contributed by atoms with Crippen molar-refractivity contribution >= 4 is 11.6 Å². The molecule has 2 atom stereocenters. The third kappa shape index (κ3) is 3.07. The van der Waals surface area contributed by atoms with Gasteiger partial charge < -0.3 is 10.2 Å². The Bertz CT molecular complexity index is 500. The summed E-state index contributed by atoms with van der Waals surface area (Å²) >= 11 is 0. The predicted octanol–water partition coefficient (Wildman–Crippen LogP) is 3.45. The quantitative estimate of drug-likeness (QED) is 0.903. The van der Waals surface area contributed by atoms with E-state index < -0.39 is 0 Å². The molecule has 1 fully saturated rings. The van der Waals surface area contributed by atoms with Crippen LogP contribution >= 0.6 is 0 Å². The molecule has 1 aromatic rings. The zero-order chi connectivity index (χ0) is 14.7. The number of benzene rings is 1. The number of carbonyl (C=O) groups excluding carboxylic acids is 1. The van der Waals surface area contributed by atoms with Gasteiger partial charge in [-0.2, -0.15) is 0 Å². The molecule has 2 unspecified atom stereocenters. The van der Waals surface area contributed by atoms with Crippen LogP contribution in [-0.4, -0.2) is 29.9 Å². The minimum atomic E-state index is 0.104. The molecule has 1 amide bonds. The van der Waals surface area contributed by atoms with Gasteiger partial charge in [0.15, 0.2) is 0 Å². The second-order valence-corrected chi connectivity index (χ2v) is 6.38. The Hall–Kier alpha value is -1.51. The van der Waals surface area contributed by atoms with E-state index in [4.69, 9.17) is 0 Å². The molecule has 2 heterocycles. The number of anilines is 1. The third-order valence-electron chi connectivity index (χ3n) is 5.00. The van der Waals surface area contributed by atoms with E-state index in [1.165, 1.54) is 36.9 Å². The van der Waals surface area contributed by atoms with Crippen LogP contribution in [0.1, 0.15) is 44.6 Å². The molecule has 21 heavy (non-hydrogen) atoms. The highest BCUT2D eigenvalue weighted by molar-refractivity contribution is 5.81. The summed E-state index contributed by atoms with van der Waals surface area (Å²) in [5, 5.41) is 3.43. The Morgan fingerprint density at radius 2 is 2.14 bits per heavy atom. The zero-order valence-corrected chi connectivity index (χ0v) is 13.0. The highest BCUT2D eigenvalue weighted by Crippen LogP contribution is 2.28. The molecule has 1 saturated heterocycles. The first-order chi connectivity index (χ1) is 10.3. The van der Waals surface area contributed by atoms with E-state index in [1.807, 2.05) is 0 Å². The maximum atomic E-state index is 13.0. The van der Waals surface area contributed by atoms with Crippen LogP contribution < -0.4 is 5.32 Å². The summed E-state index contributed by atoms with van der Waals surface area (Å²) in [6, 6.07) is 8.82. The van der Waals surface area contributed by atoms with Crippen molar-refractivity contribution in [2.24, 2.45) is 5.92 Å². The van der Waals surface area contributed by atoms with Gasteiger partial charge >= 0.3 is 0 Å². The van der Waals surface area contributed by atoms with Gasteiger partial charge in [-0.05, 0) is 37.3 Å². The predicted molar refractivity (Wildman–Crippen MR) is 86.4 cm³/mol. The lowest BCUT2D eigenvalue weighted by molar-refractivity contribution is -0.137. The number of para-hydroxylation sites is 1. The van der Waals surface area contributed by atoms with Crippen LogP contribution in [0, 0.1) is 5.92 Å². The van der Waals surface area contributed by atoms with Crippen molar-refractivity contribution in [3.05, 3.63) is 29.8 Å². The SMILES string of the molecule is CCC1CCCCCN1C(=O)C1CNc2ccccc2C1. The molecule has 0 spiro atoms. The minimum absolute atomic E-state index is 0.104. The summed E-state index contributed by atoms with van der Waals surface area (Å²) in [5.41, 5.74) is 2.48. The lowest BCUT2D eigenvalue weighted by atomic mass is 9.92. The second kappa shape index (κ2) is 6.50. The Labute approximate surface area is 127 Å². The van der Waals surface area contributed by atoms with Crippen LogP contribution in [0.2, 0.25) is 0 Å². The van der Waals surface area contributed by atoms with Gasteiger partial charge in [0.1, 0.15) is 0 Å². The average molecular weight is 286 g/mol. The van der Waals surface area contributed by atoms with Gasteiger partial charge in [0.2, 0.25) is 5.91 Å². The molecule has 2 aliphatic rings. The molecule has 3 rings (SSSR count). The zero-order valence-electron chi connectivity index (χ0n) is 13.0. The Kier molecular flexibility index (Phi) is 4.47. The molecule has 0 aromatic heterocycles. The van der Waals surface area contributed by atoms with Crippen LogP contribution in [0.25, 0.3) is 0 Å². The molecule has 3 nitrogen and oxygen atoms in total. The van der Waals surface area contributed by atoms with Crippen LogP contribution in [0.4, 0.5) is 5.69 Å². The molecule has 1 N–H and O–H groups in total. The minimum Gasteiger partial charge on any atom is -0.384 e. The smallest absolute Gasteiger partial charge is 0.228 e. The summed E-state index contributed by atoms with van der Waals surface area (Å²) < 4.78 is 0. The normalized spacial score (nSPS) is 25.7. The first kappa shape index (κ1) is 14.4. The number of carbonyl (C=O) groups is 1. The van der Waals surface area contributed by atoms with Crippen LogP contribution in [0.5, 0.6) is 0 Å². The van der Waals surface area contributed by atoms with Gasteiger partial charge in [0, 0.05) is 24.8 Å². The summed E-state index contributed by atoms with van der Waals surface area (Å²) in [6.45, 7) is 3.95. The molecular formula is C18H26N2O. The van der Waals surface area contributed by atoms with Crippen LogP contribution in [-0.2, 0) is 11.2 Å². The topological polar surface area (TPSA) is 32.3 Å². The second-order valence-electron chi connectivity index (χ2n) is 6.38. The number of fused-ring (bicyclic) bond motifs is 1. The fraction of sp³-hybridized carbons (Fsp3) is 0.611. The third-order valence-corrected chi connectivity index (χ3v) is 5.00. The van der Waals surface area contributed by atoms with Gasteiger partial charge in [-0.15, -0.1) is 0 Å². The summed E-state index contributed by atoms with van der Waals surface area (Å²) in [6.07, 6.45) is 6.86. The van der Waals surface area contributed by atoms with Gasteiger partial charge in [-0.3, -0.25) is 4.79 Å². The van der Waals surface area contributed by atoms with Crippen LogP contribution in [0.3, 0.4) is 0 Å². The molecule has 3 heteroatoms. The lowest BCUT2D eigenvalue weighted by Gasteiger charge is -2.34. The molecule has 1 aromatic carbocycles. The number of hydrogen-bond acceptors (Lipinski definition) is 2. The van der Waals surface area contributed by atoms with E-state index in [0.29, 0.717) is 11.9 Å². The van der Waals surface area contributed by atoms with Gasteiger partial charge in [0.05, 0.1) is 5.92 Å². The number of likely N-dealkylation sites (tertiary alicyclic amines) is 1. The highest BCUT2D eigenvalue weighted by Gasteiger charge is 2.31. The van der Waals surface area contributed by atoms with E-state index in [1.54, 1.807) is 0 Å². The molecule has 114 valence electrons. The van der Waals surface area contributed by atoms with Gasteiger partial charge in [-0.25, -0.2) is 0 Å². The molecule has 0 radical (unpaired) electrons. The monoisotopic (exact) mass is 286 g/mol. The fourth-order valence-electron chi connectivity index (χ4n) is 3.74. The van der Waals surface area contributed by atoms with Gasteiger partial charge in [-0.1, -0.05) is 38.0 Å². The van der Waals surface area contributed by atoms with E-state index in [2.05, 4.69) is 41.4 Å². The lowest BCUT2D eigenvalue weighted by Crippen LogP contribution is -2.46. The number of rotatable bonds is 2. The van der Waals surface area contributed by atoms with Crippen molar-refractivity contribution in [3.8, 4) is 0 Å². The summed E-state index contributed by atoms with van der Waals surface area (Å²) in [4.78, 5) is 15.2. The maximum absolute atomic E-state index is 13.0. The van der Waals surface area contributed by atoms with Crippen LogP contribution in [0.15, 0.2) is 24.3 Å². The fourth-order valence-corrected chi connectivity index (χ4v) is 3.74. The molecule has 2 aliphatic heterocycles. The first-order valence-electron chi connectivity index (χ1n) is 8.42. The number of nitrogens with one attached hydrogen (secondary N) is 1. The largest absolute Gasteiger partial charge is 0.384 e. The summed E-state index contributed by atoms with van der Waals surface area (Å²) in [5.74, 6) is 0.470. The first-order valence-corrected chi connectivity index (χ1v) is 8.42. The number of hydrogen-bond donors (Lipinski definition) is 1. The van der Waals surface area contributed by atoms with Crippen molar-refractivity contribution < 1.29 is 4.79 Å². The van der Waals surface area contributed by atoms with Crippen molar-refractivity contribution in [2.45, 2.75) is 51.5 Å². The van der Waals surface area contributed by atoms with E-state index in [0.717, 1.165) is 25.9 Å². The van der Waals surface area contributed by atoms with Crippen molar-refractivity contribution in [3.63, 3.8) is 0 Å². The standard InChI is InChI=1S/C18H26N2O/c1-2-16-9-4-3-7-11-20(16)18(21)15-12-14-8-5-6-10-17(14)19-13-15/h5-6,8,10,15-16,19H,2-4,7,9,11-13H2,1H3. The highest BCUT2D eigenvalue weighted by atomic mass is 16.2. The molecule has 0 saturated carbocycles. The van der Waals surface area contributed by atoms with E-state index in [-0.39, 0.29) is 5.92 Å². The Balaban J connectivity index is 1.73. The average Bonchev–Trinajstić information content (AvgIpc) is 2.79. The van der Waals surface area contributed by atoms with Crippen molar-refractivity contribution in [1.29, 1.82) is 0 Å².